The van der Waals surface area contributed by atoms with E-state index < -0.39 is 44.5 Å². The summed E-state index contributed by atoms with van der Waals surface area (Å²) in [6.07, 6.45) is 31.8. The van der Waals surface area contributed by atoms with Gasteiger partial charge in [0.2, 0.25) is 5.91 Å². The van der Waals surface area contributed by atoms with E-state index in [-0.39, 0.29) is 66.9 Å². The average molecular weight is 1110 g/mol. The van der Waals surface area contributed by atoms with E-state index in [0.717, 1.165) is 51.4 Å². The summed E-state index contributed by atoms with van der Waals surface area (Å²) in [6.45, 7) is 30.3. The Morgan fingerprint density at radius 2 is 0.792 bits per heavy atom. The summed E-state index contributed by atoms with van der Waals surface area (Å²) in [5.74, 6) is 1.48. The van der Waals surface area contributed by atoms with Crippen LogP contribution in [0.3, 0.4) is 0 Å². The van der Waals surface area contributed by atoms with Crippen molar-refractivity contribution in [3.8, 4) is 0 Å². The normalized spacial score (nSPS) is 31.9. The Bertz CT molecular complexity index is 1530. The van der Waals surface area contributed by atoms with Crippen molar-refractivity contribution in [1.82, 2.24) is 5.32 Å². The predicted molar refractivity (Wildman–Crippen MR) is 318 cm³/mol. The molecule has 2 heterocycles. The molecule has 1 N–H and O–H groups in total. The molecule has 11 nitrogen and oxygen atoms in total. The van der Waals surface area contributed by atoms with Gasteiger partial charge in [-0.1, -0.05) is 244 Å². The van der Waals surface area contributed by atoms with E-state index >= 15 is 4.57 Å². The maximum absolute atomic E-state index is 15.0. The lowest BCUT2D eigenvalue weighted by Gasteiger charge is -2.53. The molecule has 454 valence electrons. The summed E-state index contributed by atoms with van der Waals surface area (Å²) in [4.78, 5) is 26.8. The van der Waals surface area contributed by atoms with Crippen LogP contribution in [-0.2, 0) is 46.9 Å². The van der Waals surface area contributed by atoms with Crippen molar-refractivity contribution in [3.63, 3.8) is 0 Å². The van der Waals surface area contributed by atoms with Gasteiger partial charge in [0, 0.05) is 31.3 Å². The van der Waals surface area contributed by atoms with Crippen molar-refractivity contribution < 1.29 is 46.9 Å². The number of amides is 1. The number of carbonyl (C=O) groups excluding carboxylic acids is 2. The van der Waals surface area contributed by atoms with Gasteiger partial charge in [0.15, 0.2) is 12.6 Å². The number of hydrogen-bond donors (Lipinski definition) is 1. The number of esters is 1. The minimum absolute atomic E-state index is 0.00104. The molecule has 0 aromatic rings. The number of hydrogen-bond acceptors (Lipinski definition) is 10. The highest BCUT2D eigenvalue weighted by atomic mass is 31.2. The van der Waals surface area contributed by atoms with Crippen LogP contribution in [0.15, 0.2) is 0 Å². The van der Waals surface area contributed by atoms with E-state index in [4.69, 9.17) is 32.7 Å². The van der Waals surface area contributed by atoms with Gasteiger partial charge < -0.3 is 33.5 Å². The number of carbonyl (C=O) groups is 2. The van der Waals surface area contributed by atoms with Crippen LogP contribution in [-0.4, -0.2) is 80.9 Å². The third-order valence-electron chi connectivity index (χ3n) is 19.3. The highest BCUT2D eigenvalue weighted by molar-refractivity contribution is 7.53. The van der Waals surface area contributed by atoms with Gasteiger partial charge in [-0.25, -0.2) is 0 Å². The molecular weight excluding hydrogens is 986 g/mol. The maximum atomic E-state index is 15.0. The first-order chi connectivity index (χ1) is 36.9. The standard InChI is InChI=1S/C65H124NO10P/c1-15-19-21-23-25-27-29-31-33-35-37-39-41-43-59(67)66-56(45-70-60(68)44-42-40-38-36-34-32-30-28-26-24-22-20-16-2)46-71-77(14,69)76-63-61(74-64-54(12)47(5)50(8)57(17-3)72-64)52(10)49(7)53(11)62(63)75-65-55(13)48(6)51(9)58(18-4)73-65/h47-58,61-65H,15-46H2,1-14H3,(H,66,67)/t47-,48?,49+,50-,51-,52?,53-,54?,55+,56+,57?,58?,61?,62?,63+,64+,65+,77?/m0/s1. The van der Waals surface area contributed by atoms with Gasteiger partial charge in [-0.2, -0.15) is 0 Å². The Hall–Kier alpha value is -1.07. The van der Waals surface area contributed by atoms with Crippen LogP contribution in [0.2, 0.25) is 0 Å². The minimum Gasteiger partial charge on any atom is -0.463 e. The number of nitrogens with one attached hydrogen (secondary N) is 1. The number of ether oxygens (including phenoxy) is 5. The van der Waals surface area contributed by atoms with E-state index in [1.807, 2.05) is 0 Å². The zero-order chi connectivity index (χ0) is 56.8. The fourth-order valence-electron chi connectivity index (χ4n) is 12.7. The van der Waals surface area contributed by atoms with Crippen molar-refractivity contribution in [3.05, 3.63) is 0 Å². The van der Waals surface area contributed by atoms with Crippen LogP contribution in [0.4, 0.5) is 0 Å². The SMILES string of the molecule is CCCCCCCCCCCCCCCC(=O)N[C@H](COC(=O)CCCCCCCCCCCCCCC)COP(C)(=O)O[C@@H]1C(O[C@H]2OC(CC)[C@@H](C)[C@H](C)C2C)C(C)[C@@H](C)[C@H](C)C1O[C@H]1OC(CC)[C@@H](C)C(C)[C@H]1C. The van der Waals surface area contributed by atoms with E-state index in [9.17, 15) is 9.59 Å². The zero-order valence-electron chi connectivity index (χ0n) is 52.5. The topological polar surface area (TPSA) is 128 Å². The van der Waals surface area contributed by atoms with Crippen LogP contribution in [0.5, 0.6) is 0 Å². The molecular formula is C65H124NO10P. The predicted octanol–water partition coefficient (Wildman–Crippen LogP) is 18.0. The Kier molecular flexibility index (Phi) is 35.9. The Morgan fingerprint density at radius 3 is 1.17 bits per heavy atom. The molecule has 3 fully saturated rings. The molecule has 12 heteroatoms. The van der Waals surface area contributed by atoms with E-state index in [1.165, 1.54) is 135 Å². The van der Waals surface area contributed by atoms with E-state index in [0.29, 0.717) is 36.5 Å². The number of unbranched alkanes of at least 4 members (excludes halogenated alkanes) is 24. The van der Waals surface area contributed by atoms with Gasteiger partial charge in [-0.05, 0) is 67.1 Å². The van der Waals surface area contributed by atoms with Gasteiger partial charge in [-0.3, -0.25) is 18.7 Å². The van der Waals surface area contributed by atoms with E-state index in [1.54, 1.807) is 0 Å². The molecule has 8 unspecified atom stereocenters. The average Bonchev–Trinajstić information content (AvgIpc) is 3.41. The fourth-order valence-corrected chi connectivity index (χ4v) is 13.9. The molecule has 0 aromatic heterocycles. The van der Waals surface area contributed by atoms with Crippen LogP contribution in [0.25, 0.3) is 0 Å². The van der Waals surface area contributed by atoms with Gasteiger partial charge in [-0.15, -0.1) is 0 Å². The van der Waals surface area contributed by atoms with Crippen LogP contribution in [0.1, 0.15) is 283 Å². The molecule has 0 radical (unpaired) electrons. The molecule has 18 atom stereocenters. The van der Waals surface area contributed by atoms with Crippen molar-refractivity contribution in [2.75, 3.05) is 19.9 Å². The second-order valence-electron chi connectivity index (χ2n) is 25.4. The van der Waals surface area contributed by atoms with Gasteiger partial charge >= 0.3 is 13.6 Å². The third kappa shape index (κ3) is 25.5. The molecule has 1 saturated carbocycles. The Labute approximate surface area is 474 Å². The Balaban J connectivity index is 1.72. The monoisotopic (exact) mass is 1110 g/mol. The molecule has 2 saturated heterocycles. The fraction of sp³-hybridized carbons (Fsp3) is 0.969. The van der Waals surface area contributed by atoms with Crippen molar-refractivity contribution in [2.24, 2.45) is 53.3 Å². The first kappa shape index (κ1) is 70.2. The summed E-state index contributed by atoms with van der Waals surface area (Å²) in [5.41, 5.74) is 0. The Morgan fingerprint density at radius 1 is 0.442 bits per heavy atom. The van der Waals surface area contributed by atoms with Crippen molar-refractivity contribution >= 4 is 19.5 Å². The van der Waals surface area contributed by atoms with Crippen LogP contribution >= 0.6 is 7.60 Å². The summed E-state index contributed by atoms with van der Waals surface area (Å²) < 4.78 is 62.0. The largest absolute Gasteiger partial charge is 0.463 e. The van der Waals surface area contributed by atoms with Crippen LogP contribution < -0.4 is 5.32 Å². The second-order valence-corrected chi connectivity index (χ2v) is 27.4. The van der Waals surface area contributed by atoms with Crippen molar-refractivity contribution in [1.29, 1.82) is 0 Å². The molecule has 1 amide bonds. The molecule has 77 heavy (non-hydrogen) atoms. The lowest BCUT2D eigenvalue weighted by molar-refractivity contribution is -0.320. The third-order valence-corrected chi connectivity index (χ3v) is 20.6. The van der Waals surface area contributed by atoms with Gasteiger partial charge in [0.1, 0.15) is 12.7 Å². The summed E-state index contributed by atoms with van der Waals surface area (Å²) >= 11 is 0. The smallest absolute Gasteiger partial charge is 0.328 e. The highest BCUT2D eigenvalue weighted by Gasteiger charge is 2.54. The second kappa shape index (κ2) is 39.4. The molecule has 0 bridgehead atoms. The first-order valence-electron chi connectivity index (χ1n) is 32.9. The maximum Gasteiger partial charge on any atom is 0.328 e. The summed E-state index contributed by atoms with van der Waals surface area (Å²) in [5, 5.41) is 3.10. The highest BCUT2D eigenvalue weighted by Crippen LogP contribution is 2.52. The van der Waals surface area contributed by atoms with Gasteiger partial charge in [0.25, 0.3) is 0 Å². The van der Waals surface area contributed by atoms with Crippen molar-refractivity contribution in [2.45, 2.75) is 332 Å². The molecule has 0 spiro atoms. The molecule has 2 aliphatic heterocycles. The van der Waals surface area contributed by atoms with Crippen LogP contribution in [0, 0.1) is 53.3 Å². The molecule has 1 aliphatic carbocycles. The van der Waals surface area contributed by atoms with Gasteiger partial charge in [0.05, 0.1) is 37.1 Å². The molecule has 0 aromatic carbocycles. The summed E-state index contributed by atoms with van der Waals surface area (Å²) in [7, 11) is -3.90. The minimum atomic E-state index is -3.90. The molecule has 3 aliphatic rings. The first-order valence-corrected chi connectivity index (χ1v) is 34.9. The summed E-state index contributed by atoms with van der Waals surface area (Å²) in [6, 6.07) is -0.711. The lowest BCUT2D eigenvalue weighted by Crippen LogP contribution is -2.60. The lowest BCUT2D eigenvalue weighted by atomic mass is 9.69. The molecule has 3 rings (SSSR count). The van der Waals surface area contributed by atoms with E-state index in [2.05, 4.69) is 95.3 Å². The number of rotatable bonds is 42. The quantitative estimate of drug-likeness (QED) is 0.0358. The zero-order valence-corrected chi connectivity index (χ0v) is 53.4.